The fourth-order valence-corrected chi connectivity index (χ4v) is 4.50. The van der Waals surface area contributed by atoms with Crippen LogP contribution in [0.15, 0.2) is 48.7 Å². The number of hydrogen-bond donors (Lipinski definition) is 1. The Kier molecular flexibility index (Phi) is 6.82. The van der Waals surface area contributed by atoms with Gasteiger partial charge in [-0.1, -0.05) is 36.4 Å². The number of aromatic nitrogens is 1. The van der Waals surface area contributed by atoms with Gasteiger partial charge in [0.05, 0.1) is 26.8 Å². The van der Waals surface area contributed by atoms with E-state index in [1.807, 2.05) is 6.07 Å². The second-order valence-electron chi connectivity index (χ2n) is 7.98. The molecule has 0 unspecified atom stereocenters. The lowest BCUT2D eigenvalue weighted by Gasteiger charge is -2.26. The zero-order chi connectivity index (χ0) is 21.6. The average molecular weight is 421 g/mol. The van der Waals surface area contributed by atoms with Gasteiger partial charge in [-0.15, -0.1) is 0 Å². The van der Waals surface area contributed by atoms with Crippen LogP contribution >= 0.6 is 0 Å². The molecule has 0 aliphatic carbocycles. The Hall–Kier alpha value is -2.92. The van der Waals surface area contributed by atoms with Crippen LogP contribution in [0.25, 0.3) is 16.5 Å². The molecular weight excluding hydrogens is 388 g/mol. The van der Waals surface area contributed by atoms with E-state index in [2.05, 4.69) is 52.5 Å². The monoisotopic (exact) mass is 420 g/mol. The molecule has 2 aromatic carbocycles. The highest BCUT2D eigenvalue weighted by molar-refractivity contribution is 5.94. The molecule has 5 heteroatoms. The number of hydrogen-bond acceptors (Lipinski definition) is 4. The molecule has 1 N–H and O–H groups in total. The molecule has 0 radical (unpaired) electrons. The van der Waals surface area contributed by atoms with Crippen molar-refractivity contribution in [3.8, 4) is 17.2 Å². The highest BCUT2D eigenvalue weighted by Crippen LogP contribution is 2.44. The van der Waals surface area contributed by atoms with Crippen LogP contribution in [-0.2, 0) is 6.42 Å². The summed E-state index contributed by atoms with van der Waals surface area (Å²) in [6.45, 7) is 3.32. The van der Waals surface area contributed by atoms with Crippen LogP contribution in [0.3, 0.4) is 0 Å². The topological polar surface area (TPSA) is 46.7 Å². The van der Waals surface area contributed by atoms with Crippen LogP contribution in [0, 0.1) is 0 Å². The number of methoxy groups -OCH3 is 3. The Morgan fingerprint density at radius 1 is 0.968 bits per heavy atom. The second kappa shape index (κ2) is 9.92. The van der Waals surface area contributed by atoms with Gasteiger partial charge in [0, 0.05) is 30.7 Å². The van der Waals surface area contributed by atoms with E-state index in [0.717, 1.165) is 55.5 Å². The lowest BCUT2D eigenvalue weighted by atomic mass is 9.99. The van der Waals surface area contributed by atoms with Crippen molar-refractivity contribution in [1.29, 1.82) is 0 Å². The number of nitrogens with zero attached hydrogens (tertiary/aromatic N) is 1. The number of fused-ring (bicyclic) bond motifs is 1. The molecule has 1 aliphatic rings. The Morgan fingerprint density at radius 2 is 1.77 bits per heavy atom. The normalized spacial score (nSPS) is 14.5. The predicted octanol–water partition coefficient (Wildman–Crippen LogP) is 5.31. The van der Waals surface area contributed by atoms with Gasteiger partial charge in [-0.3, -0.25) is 4.90 Å². The number of H-pyrrole nitrogens is 1. The highest BCUT2D eigenvalue weighted by Gasteiger charge is 2.19. The van der Waals surface area contributed by atoms with E-state index in [9.17, 15) is 0 Å². The van der Waals surface area contributed by atoms with E-state index in [1.54, 1.807) is 21.3 Å². The smallest absolute Gasteiger partial charge is 0.204 e. The minimum Gasteiger partial charge on any atom is -0.493 e. The fourth-order valence-electron chi connectivity index (χ4n) is 4.50. The molecule has 0 bridgehead atoms. The Labute approximate surface area is 184 Å². The van der Waals surface area contributed by atoms with Gasteiger partial charge in [-0.2, -0.15) is 0 Å². The Morgan fingerprint density at radius 3 is 2.45 bits per heavy atom. The van der Waals surface area contributed by atoms with Gasteiger partial charge in [-0.05, 0) is 48.9 Å². The van der Waals surface area contributed by atoms with Gasteiger partial charge >= 0.3 is 0 Å². The van der Waals surface area contributed by atoms with Gasteiger partial charge in [-0.25, -0.2) is 0 Å². The number of rotatable bonds is 9. The zero-order valence-electron chi connectivity index (χ0n) is 18.7. The summed E-state index contributed by atoms with van der Waals surface area (Å²) in [6, 6.07) is 12.7. The molecule has 0 fully saturated rings. The summed E-state index contributed by atoms with van der Waals surface area (Å²) in [6.07, 6.45) is 8.92. The molecule has 164 valence electrons. The average Bonchev–Trinajstić information content (AvgIpc) is 3.24. The summed E-state index contributed by atoms with van der Waals surface area (Å²) in [5.41, 5.74) is 5.12. The number of nitrogens with one attached hydrogen (secondary N) is 1. The van der Waals surface area contributed by atoms with Crippen molar-refractivity contribution in [1.82, 2.24) is 9.88 Å². The van der Waals surface area contributed by atoms with Crippen LogP contribution in [0.5, 0.6) is 17.2 Å². The molecule has 0 saturated heterocycles. The van der Waals surface area contributed by atoms with Crippen molar-refractivity contribution in [3.63, 3.8) is 0 Å². The van der Waals surface area contributed by atoms with E-state index < -0.39 is 0 Å². The number of unbranched alkanes of at least 4 members (excludes halogenated alkanes) is 1. The maximum Gasteiger partial charge on any atom is 0.204 e. The van der Waals surface area contributed by atoms with Crippen LogP contribution in [0.2, 0.25) is 0 Å². The molecule has 2 heterocycles. The van der Waals surface area contributed by atoms with Crippen molar-refractivity contribution >= 4 is 16.5 Å². The van der Waals surface area contributed by atoms with Crippen molar-refractivity contribution in [2.75, 3.05) is 41.0 Å². The first kappa shape index (κ1) is 21.3. The van der Waals surface area contributed by atoms with Gasteiger partial charge in [0.1, 0.15) is 0 Å². The van der Waals surface area contributed by atoms with Crippen LogP contribution in [0.1, 0.15) is 30.4 Å². The number of benzene rings is 2. The Bertz CT molecular complexity index is 1040. The molecule has 0 spiro atoms. The van der Waals surface area contributed by atoms with Crippen molar-refractivity contribution in [3.05, 3.63) is 59.8 Å². The third-order valence-corrected chi connectivity index (χ3v) is 6.16. The predicted molar refractivity (Wildman–Crippen MR) is 126 cm³/mol. The standard InChI is InChI=1S/C26H32N2O3/c1-29-23-17-22-24(26(31-3)25(23)30-2)21(18-27-22)11-7-8-14-28-15-12-20(13-16-28)19-9-5-4-6-10-19/h4-6,9-10,12,17-18,27H,7-8,11,13-16H2,1-3H3. The molecule has 31 heavy (non-hydrogen) atoms. The fraction of sp³-hybridized carbons (Fsp3) is 0.385. The van der Waals surface area contributed by atoms with Crippen molar-refractivity contribution < 1.29 is 14.2 Å². The van der Waals surface area contributed by atoms with Gasteiger partial charge < -0.3 is 19.2 Å². The van der Waals surface area contributed by atoms with Crippen LogP contribution in [0.4, 0.5) is 0 Å². The van der Waals surface area contributed by atoms with Crippen LogP contribution < -0.4 is 14.2 Å². The second-order valence-corrected chi connectivity index (χ2v) is 7.98. The van der Waals surface area contributed by atoms with E-state index in [-0.39, 0.29) is 0 Å². The first-order valence-corrected chi connectivity index (χ1v) is 11.0. The minimum absolute atomic E-state index is 0.646. The molecule has 0 atom stereocenters. The van der Waals surface area contributed by atoms with Gasteiger partial charge in [0.15, 0.2) is 11.5 Å². The molecule has 0 amide bonds. The molecule has 0 saturated carbocycles. The lowest BCUT2D eigenvalue weighted by molar-refractivity contribution is 0.295. The first-order valence-electron chi connectivity index (χ1n) is 11.0. The summed E-state index contributed by atoms with van der Waals surface area (Å²) in [5.74, 6) is 2.06. The molecule has 1 aromatic heterocycles. The summed E-state index contributed by atoms with van der Waals surface area (Å²) in [5, 5.41) is 1.09. The summed E-state index contributed by atoms with van der Waals surface area (Å²) < 4.78 is 16.7. The molecular formula is C26H32N2O3. The number of ether oxygens (including phenoxy) is 3. The first-order chi connectivity index (χ1) is 15.2. The third kappa shape index (κ3) is 4.57. The zero-order valence-corrected chi connectivity index (χ0v) is 18.7. The van der Waals surface area contributed by atoms with Gasteiger partial charge in [0.25, 0.3) is 0 Å². The third-order valence-electron chi connectivity index (χ3n) is 6.16. The number of aryl methyl sites for hydroxylation is 1. The minimum atomic E-state index is 0.646. The van der Waals surface area contributed by atoms with E-state index in [0.29, 0.717) is 11.5 Å². The molecule has 4 rings (SSSR count). The van der Waals surface area contributed by atoms with Crippen molar-refractivity contribution in [2.24, 2.45) is 0 Å². The largest absolute Gasteiger partial charge is 0.493 e. The molecule has 3 aromatic rings. The molecule has 1 aliphatic heterocycles. The van der Waals surface area contributed by atoms with E-state index in [1.165, 1.54) is 23.1 Å². The summed E-state index contributed by atoms with van der Waals surface area (Å²) in [4.78, 5) is 5.92. The maximum atomic E-state index is 5.70. The quantitative estimate of drug-likeness (QED) is 0.477. The lowest BCUT2D eigenvalue weighted by Crippen LogP contribution is -2.29. The highest BCUT2D eigenvalue weighted by atomic mass is 16.5. The van der Waals surface area contributed by atoms with E-state index in [4.69, 9.17) is 14.2 Å². The summed E-state index contributed by atoms with van der Waals surface area (Å²) in [7, 11) is 4.97. The Balaban J connectivity index is 1.35. The van der Waals surface area contributed by atoms with Crippen LogP contribution in [-0.4, -0.2) is 50.8 Å². The molecule has 5 nitrogen and oxygen atoms in total. The van der Waals surface area contributed by atoms with Gasteiger partial charge in [0.2, 0.25) is 5.75 Å². The maximum absolute atomic E-state index is 5.70. The van der Waals surface area contributed by atoms with Crippen molar-refractivity contribution in [2.45, 2.75) is 25.7 Å². The summed E-state index contributed by atoms with van der Waals surface area (Å²) >= 11 is 0. The SMILES string of the molecule is COc1cc2[nH]cc(CCCCN3CC=C(c4ccccc4)CC3)c2c(OC)c1OC. The van der Waals surface area contributed by atoms with E-state index >= 15 is 0 Å². The number of aromatic amines is 1.